The Morgan fingerprint density at radius 2 is 1.50 bits per heavy atom. The first kappa shape index (κ1) is 15.6. The molecule has 0 aliphatic heterocycles. The van der Waals surface area contributed by atoms with E-state index in [9.17, 15) is 18.0 Å². The van der Waals surface area contributed by atoms with Crippen molar-refractivity contribution in [2.75, 3.05) is 0 Å². The van der Waals surface area contributed by atoms with Crippen LogP contribution in [0.1, 0.15) is 20.7 Å². The van der Waals surface area contributed by atoms with Gasteiger partial charge in [0.1, 0.15) is 10.5 Å². The van der Waals surface area contributed by atoms with Crippen LogP contribution in [0, 0.1) is 0 Å². The summed E-state index contributed by atoms with van der Waals surface area (Å²) < 4.78 is 30.9. The zero-order chi connectivity index (χ0) is 15.7. The molecule has 12 heteroatoms. The van der Waals surface area contributed by atoms with Crippen molar-refractivity contribution >= 4 is 22.1 Å². The van der Waals surface area contributed by atoms with Gasteiger partial charge in [-0.1, -0.05) is 0 Å². The van der Waals surface area contributed by atoms with Gasteiger partial charge in [-0.2, -0.15) is 8.42 Å². The van der Waals surface area contributed by atoms with E-state index in [4.69, 9.17) is 25.3 Å². The average molecular weight is 310 g/mol. The molecule has 0 bridgehead atoms. The number of carboxylic acids is 2. The summed E-state index contributed by atoms with van der Waals surface area (Å²) in [6, 6.07) is 0.237. The number of aromatic carboxylic acids is 2. The summed E-state index contributed by atoms with van der Waals surface area (Å²) in [6.07, 6.45) is 0. The molecule has 0 fully saturated rings. The van der Waals surface area contributed by atoms with Crippen molar-refractivity contribution in [3.63, 3.8) is 0 Å². The summed E-state index contributed by atoms with van der Waals surface area (Å²) in [5.41, 5.74) is -2.42. The number of rotatable bonds is 5. The monoisotopic (exact) mass is 310 g/mol. The molecule has 110 valence electrons. The second kappa shape index (κ2) is 5.30. The maximum Gasteiger partial charge on any atom is 0.343 e. The van der Waals surface area contributed by atoms with Gasteiger partial charge >= 0.3 is 11.9 Å². The van der Waals surface area contributed by atoms with E-state index >= 15 is 0 Å². The molecule has 5 N–H and O–H groups in total. The van der Waals surface area contributed by atoms with E-state index in [2.05, 4.69) is 9.78 Å². The molecule has 0 aliphatic rings. The minimum atomic E-state index is -5.13. The fraction of sp³-hybridized carbons (Fsp3) is 0. The third kappa shape index (κ3) is 2.62. The average Bonchev–Trinajstić information content (AvgIpc) is 2.34. The molecule has 0 saturated heterocycles. The molecule has 0 aromatic heterocycles. The fourth-order valence-electron chi connectivity index (χ4n) is 1.35. The second-order valence-corrected chi connectivity index (χ2v) is 4.61. The third-order valence-electron chi connectivity index (χ3n) is 2.10. The summed E-state index contributed by atoms with van der Waals surface area (Å²) in [5, 5.41) is 34.7. The Hall–Kier alpha value is -2.41. The zero-order valence-electron chi connectivity index (χ0n) is 9.17. The maximum absolute atomic E-state index is 11.0. The van der Waals surface area contributed by atoms with Gasteiger partial charge in [-0.15, -0.1) is 0 Å². The van der Waals surface area contributed by atoms with Crippen molar-refractivity contribution in [2.24, 2.45) is 0 Å². The topological polar surface area (TPSA) is 188 Å². The van der Waals surface area contributed by atoms with Crippen molar-refractivity contribution < 1.29 is 53.1 Å². The van der Waals surface area contributed by atoms with Gasteiger partial charge in [0, 0.05) is 0 Å². The van der Waals surface area contributed by atoms with Crippen LogP contribution in [0.2, 0.25) is 0 Å². The van der Waals surface area contributed by atoms with E-state index in [-0.39, 0.29) is 6.07 Å². The van der Waals surface area contributed by atoms with E-state index in [0.29, 0.717) is 0 Å². The Kier molecular flexibility index (Phi) is 4.14. The van der Waals surface area contributed by atoms with Gasteiger partial charge in [0.2, 0.25) is 5.75 Å². The van der Waals surface area contributed by atoms with Crippen molar-refractivity contribution in [1.29, 1.82) is 0 Å². The second-order valence-electron chi connectivity index (χ2n) is 3.22. The van der Waals surface area contributed by atoms with E-state index in [1.165, 1.54) is 0 Å². The van der Waals surface area contributed by atoms with Crippen molar-refractivity contribution in [2.45, 2.75) is 4.90 Å². The minimum absolute atomic E-state index is 0.237. The molecule has 0 aliphatic carbocycles. The molecule has 0 atom stereocenters. The highest BCUT2D eigenvalue weighted by Gasteiger charge is 2.33. The van der Waals surface area contributed by atoms with Gasteiger partial charge in [0.05, 0.1) is 0 Å². The third-order valence-corrected chi connectivity index (χ3v) is 2.96. The molecule has 0 radical (unpaired) electrons. The van der Waals surface area contributed by atoms with Crippen LogP contribution < -0.4 is 9.78 Å². The van der Waals surface area contributed by atoms with Gasteiger partial charge in [0.25, 0.3) is 10.1 Å². The lowest BCUT2D eigenvalue weighted by Crippen LogP contribution is -2.14. The van der Waals surface area contributed by atoms with Gasteiger partial charge in [0.15, 0.2) is 11.3 Å². The molecule has 0 unspecified atom stereocenters. The number of carbonyl (C=O) groups is 2. The van der Waals surface area contributed by atoms with Crippen LogP contribution >= 0.6 is 0 Å². The van der Waals surface area contributed by atoms with Gasteiger partial charge in [-0.25, -0.2) is 20.1 Å². The summed E-state index contributed by atoms with van der Waals surface area (Å²) in [6.45, 7) is 0. The Labute approximate surface area is 109 Å². The maximum atomic E-state index is 11.0. The quantitative estimate of drug-likeness (QED) is 0.280. The summed E-state index contributed by atoms with van der Waals surface area (Å²) in [7, 11) is -5.13. The van der Waals surface area contributed by atoms with Crippen LogP contribution in [-0.2, 0) is 10.1 Å². The van der Waals surface area contributed by atoms with Crippen molar-refractivity contribution in [3.8, 4) is 11.5 Å². The molecule has 0 amide bonds. The molecule has 1 aromatic carbocycles. The van der Waals surface area contributed by atoms with Crippen molar-refractivity contribution in [3.05, 3.63) is 17.2 Å². The number of benzene rings is 1. The lowest BCUT2D eigenvalue weighted by atomic mass is 10.1. The van der Waals surface area contributed by atoms with Crippen LogP contribution in [0.5, 0.6) is 11.5 Å². The number of hydrogen-bond donors (Lipinski definition) is 5. The molecule has 1 aromatic rings. The molecular formula is C8H6O11S. The van der Waals surface area contributed by atoms with E-state index in [1.807, 2.05) is 0 Å². The van der Waals surface area contributed by atoms with Crippen LogP contribution in [-0.4, -0.2) is 45.6 Å². The summed E-state index contributed by atoms with van der Waals surface area (Å²) >= 11 is 0. The fourth-order valence-corrected chi connectivity index (χ4v) is 1.99. The van der Waals surface area contributed by atoms with Gasteiger partial charge < -0.3 is 20.0 Å². The van der Waals surface area contributed by atoms with Crippen LogP contribution in [0.25, 0.3) is 0 Å². The predicted molar refractivity (Wildman–Crippen MR) is 56.7 cm³/mol. The number of carboxylic acid groups (broad SMARTS) is 2. The highest BCUT2D eigenvalue weighted by Crippen LogP contribution is 2.38. The molecule has 20 heavy (non-hydrogen) atoms. The predicted octanol–water partition coefficient (Wildman–Crippen LogP) is 0.0333. The lowest BCUT2D eigenvalue weighted by molar-refractivity contribution is -0.147. The first-order valence-corrected chi connectivity index (χ1v) is 5.87. The first-order valence-electron chi connectivity index (χ1n) is 4.43. The highest BCUT2D eigenvalue weighted by molar-refractivity contribution is 7.86. The van der Waals surface area contributed by atoms with Crippen LogP contribution in [0.3, 0.4) is 0 Å². The molecule has 0 saturated carbocycles. The van der Waals surface area contributed by atoms with Crippen molar-refractivity contribution in [1.82, 2.24) is 0 Å². The Bertz CT molecular complexity index is 674. The zero-order valence-corrected chi connectivity index (χ0v) is 9.99. The molecule has 1 rings (SSSR count). The Balaban J connectivity index is 4.01. The van der Waals surface area contributed by atoms with E-state index in [1.54, 1.807) is 0 Å². The molecule has 0 heterocycles. The van der Waals surface area contributed by atoms with Gasteiger partial charge in [-0.3, -0.25) is 4.55 Å². The Morgan fingerprint density at radius 1 is 1.00 bits per heavy atom. The summed E-state index contributed by atoms with van der Waals surface area (Å²) in [5.74, 6) is -6.38. The number of hydrogen-bond acceptors (Lipinski definition) is 8. The van der Waals surface area contributed by atoms with E-state index in [0.717, 1.165) is 0 Å². The normalized spacial score (nSPS) is 10.9. The van der Waals surface area contributed by atoms with Crippen LogP contribution in [0.15, 0.2) is 11.0 Å². The van der Waals surface area contributed by atoms with Gasteiger partial charge in [-0.05, 0) is 6.07 Å². The largest absolute Gasteiger partial charge is 0.478 e. The van der Waals surface area contributed by atoms with E-state index < -0.39 is 49.6 Å². The minimum Gasteiger partial charge on any atom is -0.478 e. The lowest BCUT2D eigenvalue weighted by Gasteiger charge is -2.12. The standard InChI is InChI=1S/C8H6O11S/c9-7(10)2-1-3(20(15,16)17)6(19-14)4(8(11)12)5(2)18-13/h1,13-14H,(H,9,10)(H,11,12)(H,15,16,17). The Morgan fingerprint density at radius 3 is 1.80 bits per heavy atom. The summed E-state index contributed by atoms with van der Waals surface area (Å²) in [4.78, 5) is 27.6. The SMILES string of the molecule is O=C(O)c1cc(S(=O)(=O)O)c(OO)c(C(=O)O)c1OO. The smallest absolute Gasteiger partial charge is 0.343 e. The molecule has 0 spiro atoms. The first-order chi connectivity index (χ1) is 9.15. The van der Waals surface area contributed by atoms with Crippen LogP contribution in [0.4, 0.5) is 0 Å². The highest BCUT2D eigenvalue weighted by atomic mass is 32.2. The molecule has 11 nitrogen and oxygen atoms in total. The molecular weight excluding hydrogens is 304 g/mol.